The van der Waals surface area contributed by atoms with Crippen LogP contribution in [0.1, 0.15) is 19.8 Å². The van der Waals surface area contributed by atoms with Crippen LogP contribution in [0.4, 0.5) is 0 Å². The lowest BCUT2D eigenvalue weighted by atomic mass is 10.4. The lowest BCUT2D eigenvalue weighted by Crippen LogP contribution is -2.35. The molecule has 16 heavy (non-hydrogen) atoms. The van der Waals surface area contributed by atoms with Gasteiger partial charge in [0.2, 0.25) is 17.7 Å². The van der Waals surface area contributed by atoms with Gasteiger partial charge in [-0.05, 0) is 0 Å². The molecule has 7 nitrogen and oxygen atoms in total. The summed E-state index contributed by atoms with van der Waals surface area (Å²) in [6, 6.07) is 1.86. The quantitative estimate of drug-likeness (QED) is 0.239. The Morgan fingerprint density at radius 1 is 1.44 bits per heavy atom. The zero-order valence-electron chi connectivity index (χ0n) is 8.84. The van der Waals surface area contributed by atoms with Gasteiger partial charge in [-0.1, -0.05) is 0 Å². The Hall–Kier alpha value is -1.94. The van der Waals surface area contributed by atoms with Gasteiger partial charge in [-0.25, -0.2) is 10.9 Å². The van der Waals surface area contributed by atoms with Crippen LogP contribution in [0.3, 0.4) is 0 Å². The molecule has 0 aliphatic carbocycles. The third-order valence-corrected chi connectivity index (χ3v) is 2.26. The predicted octanol–water partition coefficient (Wildman–Crippen LogP) is -1.25. The Kier molecular flexibility index (Phi) is 3.58. The van der Waals surface area contributed by atoms with Crippen molar-refractivity contribution in [3.8, 4) is 6.07 Å². The van der Waals surface area contributed by atoms with Gasteiger partial charge < -0.3 is 4.90 Å². The van der Waals surface area contributed by atoms with Crippen LogP contribution >= 0.6 is 0 Å². The molecule has 0 bridgehead atoms. The average Bonchev–Trinajstić information content (AvgIpc) is 2.99. The molecule has 0 aromatic carbocycles. The first-order valence-corrected chi connectivity index (χ1v) is 4.74. The van der Waals surface area contributed by atoms with Gasteiger partial charge in [0.05, 0.1) is 12.6 Å². The van der Waals surface area contributed by atoms with Crippen LogP contribution in [0.15, 0.2) is 0 Å². The highest BCUT2D eigenvalue weighted by Crippen LogP contribution is 2.14. The van der Waals surface area contributed by atoms with Gasteiger partial charge in [-0.15, -0.1) is 0 Å². The molecular formula is C9H12N4O3. The van der Waals surface area contributed by atoms with Crippen molar-refractivity contribution in [3.05, 3.63) is 0 Å². The van der Waals surface area contributed by atoms with Crippen LogP contribution in [-0.4, -0.2) is 40.2 Å². The molecule has 2 fully saturated rings. The fourth-order valence-corrected chi connectivity index (χ4v) is 1.19. The monoisotopic (exact) mass is 224 g/mol. The topological polar surface area (TPSA) is 107 Å². The van der Waals surface area contributed by atoms with Crippen LogP contribution in [0.25, 0.3) is 0 Å². The van der Waals surface area contributed by atoms with Crippen molar-refractivity contribution < 1.29 is 14.4 Å². The van der Waals surface area contributed by atoms with E-state index in [2.05, 4.69) is 0 Å². The summed E-state index contributed by atoms with van der Waals surface area (Å²) in [5.74, 6) is 4.39. The number of rotatable bonds is 0. The summed E-state index contributed by atoms with van der Waals surface area (Å²) < 4.78 is 0. The second-order valence-corrected chi connectivity index (χ2v) is 3.47. The van der Waals surface area contributed by atoms with Crippen molar-refractivity contribution in [2.75, 3.05) is 6.54 Å². The first kappa shape index (κ1) is 12.1. The number of hydrogen-bond donors (Lipinski definition) is 1. The van der Waals surface area contributed by atoms with E-state index in [1.165, 1.54) is 11.8 Å². The van der Waals surface area contributed by atoms with E-state index in [4.69, 9.17) is 11.1 Å². The number of imide groups is 1. The number of hydrazine groups is 1. The molecule has 2 aliphatic heterocycles. The summed E-state index contributed by atoms with van der Waals surface area (Å²) in [6.07, 6.45) is 0.546. The summed E-state index contributed by atoms with van der Waals surface area (Å²) in [5, 5.41) is 8.85. The molecule has 7 heteroatoms. The molecule has 2 saturated heterocycles. The Morgan fingerprint density at radius 2 is 1.94 bits per heavy atom. The summed E-state index contributed by atoms with van der Waals surface area (Å²) in [4.78, 5) is 32.6. The lowest BCUT2D eigenvalue weighted by molar-refractivity contribution is -0.138. The fourth-order valence-electron chi connectivity index (χ4n) is 1.19. The Balaban J connectivity index is 0.000000160. The Bertz CT molecular complexity index is 357. The highest BCUT2D eigenvalue weighted by atomic mass is 16.2. The van der Waals surface area contributed by atoms with E-state index in [-0.39, 0.29) is 36.6 Å². The first-order valence-electron chi connectivity index (χ1n) is 4.74. The van der Waals surface area contributed by atoms with Gasteiger partial charge >= 0.3 is 0 Å². The van der Waals surface area contributed by atoms with E-state index in [1.54, 1.807) is 0 Å². The number of nitrogens with zero attached hydrogens (tertiary/aromatic N) is 3. The minimum atomic E-state index is -0.282. The van der Waals surface area contributed by atoms with Gasteiger partial charge in [0, 0.05) is 19.8 Å². The van der Waals surface area contributed by atoms with Gasteiger partial charge in [-0.2, -0.15) is 5.26 Å². The number of hydrogen-bond acceptors (Lipinski definition) is 5. The third kappa shape index (κ3) is 2.77. The summed E-state index contributed by atoms with van der Waals surface area (Å²) >= 11 is 0. The molecule has 2 heterocycles. The smallest absolute Gasteiger partial charge is 0.244 e. The second-order valence-electron chi connectivity index (χ2n) is 3.47. The molecule has 1 atom stereocenters. The van der Waals surface area contributed by atoms with Crippen LogP contribution in [0.2, 0.25) is 0 Å². The van der Waals surface area contributed by atoms with Gasteiger partial charge in [0.25, 0.3) is 0 Å². The fraction of sp³-hybridized carbons (Fsp3) is 0.556. The van der Waals surface area contributed by atoms with E-state index in [0.29, 0.717) is 11.6 Å². The maximum Gasteiger partial charge on any atom is 0.244 e. The van der Waals surface area contributed by atoms with Crippen molar-refractivity contribution in [1.82, 2.24) is 9.91 Å². The van der Waals surface area contributed by atoms with Crippen molar-refractivity contribution in [2.45, 2.75) is 25.8 Å². The van der Waals surface area contributed by atoms with Gasteiger partial charge in [0.1, 0.15) is 6.04 Å². The average molecular weight is 224 g/mol. The number of carbonyl (C=O) groups excluding carboxylic acids is 3. The molecule has 3 amide bonds. The SMILES string of the molecule is CC(=O)N1CC1C#N.NN1C(=O)CCC1=O. The summed E-state index contributed by atoms with van der Waals surface area (Å²) in [7, 11) is 0. The second kappa shape index (κ2) is 4.72. The van der Waals surface area contributed by atoms with Crippen LogP contribution in [0, 0.1) is 11.3 Å². The van der Waals surface area contributed by atoms with Crippen molar-refractivity contribution in [2.24, 2.45) is 5.84 Å². The van der Waals surface area contributed by atoms with Crippen molar-refractivity contribution in [3.63, 3.8) is 0 Å². The van der Waals surface area contributed by atoms with Crippen LogP contribution in [-0.2, 0) is 14.4 Å². The molecule has 0 aromatic rings. The first-order chi connectivity index (χ1) is 7.47. The minimum absolute atomic E-state index is 0.00319. The van der Waals surface area contributed by atoms with E-state index >= 15 is 0 Å². The molecule has 0 saturated carbocycles. The van der Waals surface area contributed by atoms with Gasteiger partial charge in [-0.3, -0.25) is 14.4 Å². The summed E-state index contributed by atoms with van der Waals surface area (Å²) in [6.45, 7) is 2.10. The van der Waals surface area contributed by atoms with E-state index in [9.17, 15) is 14.4 Å². The van der Waals surface area contributed by atoms with Crippen molar-refractivity contribution >= 4 is 17.7 Å². The number of carbonyl (C=O) groups is 3. The largest absolute Gasteiger partial charge is 0.322 e. The lowest BCUT2D eigenvalue weighted by Gasteiger charge is -2.01. The Labute approximate surface area is 92.4 Å². The molecule has 86 valence electrons. The predicted molar refractivity (Wildman–Crippen MR) is 52.1 cm³/mol. The van der Waals surface area contributed by atoms with E-state index in [1.807, 2.05) is 6.07 Å². The van der Waals surface area contributed by atoms with Crippen molar-refractivity contribution in [1.29, 1.82) is 5.26 Å². The van der Waals surface area contributed by atoms with E-state index < -0.39 is 0 Å². The number of nitrogens with two attached hydrogens (primary N) is 1. The molecule has 2 aliphatic rings. The molecule has 0 radical (unpaired) electrons. The molecule has 0 aromatic heterocycles. The number of amides is 3. The highest BCUT2D eigenvalue weighted by Gasteiger charge is 2.35. The summed E-state index contributed by atoms with van der Waals surface area (Å²) in [5.41, 5.74) is 0. The normalized spacial score (nSPS) is 22.4. The number of nitriles is 1. The standard InChI is InChI=1S/C5H6N2O.C4H6N2O2/c1-4(8)7-3-5(7)2-6;5-6-3(7)1-2-4(6)8/h5H,3H2,1H3;1-2,5H2. The molecule has 0 spiro atoms. The van der Waals surface area contributed by atoms with Crippen LogP contribution in [0.5, 0.6) is 0 Å². The third-order valence-electron chi connectivity index (χ3n) is 2.26. The highest BCUT2D eigenvalue weighted by molar-refractivity contribution is 6.01. The molecule has 2 rings (SSSR count). The van der Waals surface area contributed by atoms with Crippen LogP contribution < -0.4 is 5.84 Å². The minimum Gasteiger partial charge on any atom is -0.322 e. The van der Waals surface area contributed by atoms with Gasteiger partial charge in [0.15, 0.2) is 0 Å². The zero-order valence-corrected chi connectivity index (χ0v) is 8.84. The maximum atomic E-state index is 10.4. The molecule has 2 N–H and O–H groups in total. The molecule has 1 unspecified atom stereocenters. The zero-order chi connectivity index (χ0) is 12.3. The maximum absolute atomic E-state index is 10.4. The Morgan fingerprint density at radius 3 is 2.06 bits per heavy atom. The van der Waals surface area contributed by atoms with E-state index in [0.717, 1.165) is 0 Å². The molecular weight excluding hydrogens is 212 g/mol.